The van der Waals surface area contributed by atoms with E-state index in [-0.39, 0.29) is 18.1 Å². The van der Waals surface area contributed by atoms with Crippen LogP contribution in [-0.4, -0.2) is 10.9 Å². The van der Waals surface area contributed by atoms with E-state index in [1.807, 2.05) is 0 Å². The second kappa shape index (κ2) is 6.45. The number of thiocarbonyl (C=S) groups is 1. The van der Waals surface area contributed by atoms with Gasteiger partial charge in [0.15, 0.2) is 0 Å². The highest BCUT2D eigenvalue weighted by Crippen LogP contribution is 2.14. The van der Waals surface area contributed by atoms with E-state index in [0.717, 1.165) is 11.1 Å². The first-order valence-electron chi connectivity index (χ1n) is 6.40. The predicted octanol–water partition coefficient (Wildman–Crippen LogP) is 2.95. The lowest BCUT2D eigenvalue weighted by Crippen LogP contribution is -2.15. The molecular weight excluding hydrogens is 287 g/mol. The lowest BCUT2D eigenvalue weighted by Gasteiger charge is -2.07. The maximum absolute atomic E-state index is 13.4. The number of hydrogen-bond acceptors (Lipinski definition) is 2. The summed E-state index contributed by atoms with van der Waals surface area (Å²) in [5.41, 5.74) is 8.09. The third-order valence-corrected chi connectivity index (χ3v) is 3.29. The second-order valence-corrected chi connectivity index (χ2v) is 5.19. The minimum atomic E-state index is -0.339. The summed E-state index contributed by atoms with van der Waals surface area (Å²) >= 11 is 4.87. The van der Waals surface area contributed by atoms with Crippen molar-refractivity contribution < 1.29 is 9.18 Å². The molecule has 3 N–H and O–H groups in total. The van der Waals surface area contributed by atoms with Crippen molar-refractivity contribution in [2.45, 2.75) is 13.3 Å². The van der Waals surface area contributed by atoms with Gasteiger partial charge in [-0.15, -0.1) is 0 Å². The molecule has 0 aromatic heterocycles. The largest absolute Gasteiger partial charge is 0.389 e. The second-order valence-electron chi connectivity index (χ2n) is 4.75. The van der Waals surface area contributed by atoms with Gasteiger partial charge in [0.25, 0.3) is 0 Å². The molecule has 0 saturated carbocycles. The molecule has 0 atom stereocenters. The predicted molar refractivity (Wildman–Crippen MR) is 85.8 cm³/mol. The zero-order chi connectivity index (χ0) is 15.4. The molecule has 0 aliphatic carbocycles. The third-order valence-electron chi connectivity index (χ3n) is 3.06. The fourth-order valence-electron chi connectivity index (χ4n) is 1.85. The summed E-state index contributed by atoms with van der Waals surface area (Å²) in [5, 5.41) is 2.67. The maximum Gasteiger partial charge on any atom is 0.228 e. The van der Waals surface area contributed by atoms with Gasteiger partial charge in [-0.25, -0.2) is 4.39 Å². The molecule has 1 amide bonds. The average molecular weight is 302 g/mol. The van der Waals surface area contributed by atoms with Crippen LogP contribution in [0.25, 0.3) is 0 Å². The van der Waals surface area contributed by atoms with Crippen LogP contribution in [0.15, 0.2) is 42.5 Å². The van der Waals surface area contributed by atoms with Gasteiger partial charge in [-0.2, -0.15) is 0 Å². The van der Waals surface area contributed by atoms with E-state index in [1.165, 1.54) is 6.07 Å². The van der Waals surface area contributed by atoms with E-state index in [1.54, 1.807) is 43.3 Å². The third kappa shape index (κ3) is 4.10. The summed E-state index contributed by atoms with van der Waals surface area (Å²) in [7, 11) is 0. The normalized spacial score (nSPS) is 10.2. The first kappa shape index (κ1) is 15.1. The molecule has 21 heavy (non-hydrogen) atoms. The topological polar surface area (TPSA) is 55.1 Å². The fraction of sp³-hybridized carbons (Fsp3) is 0.125. The highest BCUT2D eigenvalue weighted by atomic mass is 32.1. The van der Waals surface area contributed by atoms with E-state index in [9.17, 15) is 9.18 Å². The number of nitrogens with two attached hydrogens (primary N) is 1. The molecule has 0 spiro atoms. The Balaban J connectivity index is 2.01. The maximum atomic E-state index is 13.4. The first-order chi connectivity index (χ1) is 9.95. The summed E-state index contributed by atoms with van der Waals surface area (Å²) in [6.07, 6.45) is 0.201. The van der Waals surface area contributed by atoms with E-state index in [0.29, 0.717) is 16.2 Å². The van der Waals surface area contributed by atoms with Gasteiger partial charge in [0.1, 0.15) is 10.8 Å². The Morgan fingerprint density at radius 1 is 1.24 bits per heavy atom. The molecule has 0 aliphatic heterocycles. The van der Waals surface area contributed by atoms with Gasteiger partial charge >= 0.3 is 0 Å². The Hall–Kier alpha value is -2.27. The van der Waals surface area contributed by atoms with E-state index in [4.69, 9.17) is 18.0 Å². The molecule has 3 nitrogen and oxygen atoms in total. The van der Waals surface area contributed by atoms with Crippen LogP contribution >= 0.6 is 12.2 Å². The van der Waals surface area contributed by atoms with Gasteiger partial charge in [0.05, 0.1) is 6.42 Å². The van der Waals surface area contributed by atoms with Crippen LogP contribution in [0.1, 0.15) is 16.7 Å². The molecule has 0 bridgehead atoms. The SMILES string of the molecule is Cc1ccc(NC(=O)Cc2ccc(C(N)=S)cc2)cc1F. The van der Waals surface area contributed by atoms with Crippen LogP contribution in [0, 0.1) is 12.7 Å². The van der Waals surface area contributed by atoms with Crippen molar-refractivity contribution in [1.29, 1.82) is 0 Å². The highest BCUT2D eigenvalue weighted by molar-refractivity contribution is 7.80. The Morgan fingerprint density at radius 3 is 2.48 bits per heavy atom. The number of anilines is 1. The Morgan fingerprint density at radius 2 is 1.90 bits per heavy atom. The quantitative estimate of drug-likeness (QED) is 0.854. The van der Waals surface area contributed by atoms with Gasteiger partial charge < -0.3 is 11.1 Å². The number of hydrogen-bond donors (Lipinski definition) is 2. The van der Waals surface area contributed by atoms with Crippen LogP contribution in [0.2, 0.25) is 0 Å². The van der Waals surface area contributed by atoms with Crippen molar-refractivity contribution >= 4 is 28.8 Å². The molecule has 0 saturated heterocycles. The summed E-state index contributed by atoms with van der Waals surface area (Å²) < 4.78 is 13.4. The highest BCUT2D eigenvalue weighted by Gasteiger charge is 2.06. The van der Waals surface area contributed by atoms with Gasteiger partial charge in [-0.3, -0.25) is 4.79 Å². The number of carbonyl (C=O) groups excluding carboxylic acids is 1. The zero-order valence-electron chi connectivity index (χ0n) is 11.5. The molecule has 0 fully saturated rings. The summed E-state index contributed by atoms with van der Waals surface area (Å²) in [6.45, 7) is 1.67. The van der Waals surface area contributed by atoms with Crippen molar-refractivity contribution in [2.75, 3.05) is 5.32 Å². The number of rotatable bonds is 4. The lowest BCUT2D eigenvalue weighted by molar-refractivity contribution is -0.115. The zero-order valence-corrected chi connectivity index (χ0v) is 12.3. The Kier molecular flexibility index (Phi) is 4.65. The van der Waals surface area contributed by atoms with Crippen LogP contribution in [0.3, 0.4) is 0 Å². The smallest absolute Gasteiger partial charge is 0.228 e. The number of halogens is 1. The Labute approximate surface area is 128 Å². The number of benzene rings is 2. The van der Waals surface area contributed by atoms with Crippen molar-refractivity contribution in [1.82, 2.24) is 0 Å². The summed E-state index contributed by atoms with van der Waals surface area (Å²) in [5.74, 6) is -0.546. The standard InChI is InChI=1S/C16H15FN2OS/c1-10-2-7-13(9-14(10)17)19-15(20)8-11-3-5-12(6-4-11)16(18)21/h2-7,9H,8H2,1H3,(H2,18,21)(H,19,20). The molecule has 2 aromatic carbocycles. The molecule has 0 radical (unpaired) electrons. The van der Waals surface area contributed by atoms with Crippen LogP contribution in [-0.2, 0) is 11.2 Å². The van der Waals surface area contributed by atoms with Crippen molar-refractivity contribution in [3.05, 3.63) is 65.0 Å². The molecule has 108 valence electrons. The van der Waals surface area contributed by atoms with Crippen LogP contribution in [0.4, 0.5) is 10.1 Å². The van der Waals surface area contributed by atoms with Crippen molar-refractivity contribution in [3.8, 4) is 0 Å². The Bertz CT molecular complexity index is 683. The van der Waals surface area contributed by atoms with Gasteiger partial charge in [0, 0.05) is 11.3 Å². The van der Waals surface area contributed by atoms with E-state index < -0.39 is 0 Å². The first-order valence-corrected chi connectivity index (χ1v) is 6.81. The number of carbonyl (C=O) groups is 1. The molecular formula is C16H15FN2OS. The van der Waals surface area contributed by atoms with Crippen molar-refractivity contribution in [3.63, 3.8) is 0 Å². The van der Waals surface area contributed by atoms with Gasteiger partial charge in [-0.05, 0) is 30.2 Å². The molecule has 5 heteroatoms. The number of aryl methyl sites for hydroxylation is 1. The van der Waals surface area contributed by atoms with Gasteiger partial charge in [-0.1, -0.05) is 42.5 Å². The molecule has 0 unspecified atom stereocenters. The summed E-state index contributed by atoms with van der Waals surface area (Å²) in [6, 6.07) is 11.7. The van der Waals surface area contributed by atoms with E-state index >= 15 is 0 Å². The van der Waals surface area contributed by atoms with Crippen LogP contribution < -0.4 is 11.1 Å². The lowest BCUT2D eigenvalue weighted by atomic mass is 10.1. The number of nitrogens with one attached hydrogen (secondary N) is 1. The summed E-state index contributed by atoms with van der Waals surface area (Å²) in [4.78, 5) is 12.2. The van der Waals surface area contributed by atoms with Gasteiger partial charge in [0.2, 0.25) is 5.91 Å². The number of amides is 1. The molecule has 2 rings (SSSR count). The average Bonchev–Trinajstić information content (AvgIpc) is 2.43. The molecule has 2 aromatic rings. The molecule has 0 heterocycles. The minimum absolute atomic E-state index is 0.201. The van der Waals surface area contributed by atoms with Crippen LogP contribution in [0.5, 0.6) is 0 Å². The minimum Gasteiger partial charge on any atom is -0.389 e. The molecule has 0 aliphatic rings. The van der Waals surface area contributed by atoms with E-state index in [2.05, 4.69) is 5.32 Å². The monoisotopic (exact) mass is 302 g/mol. The fourth-order valence-corrected chi connectivity index (χ4v) is 1.98. The van der Waals surface area contributed by atoms with Crippen molar-refractivity contribution in [2.24, 2.45) is 5.73 Å².